The first-order valence-electron chi connectivity index (χ1n) is 13.9. The normalized spacial score (nSPS) is 53.6. The van der Waals surface area contributed by atoms with Crippen LogP contribution in [-0.2, 0) is 23.8 Å². The van der Waals surface area contributed by atoms with Crippen molar-refractivity contribution in [3.8, 4) is 0 Å². The molecular formula is C29H42O7. The number of Topliss-reactive ketones (excluding diaryl/α,β-unsaturated/α-hetero) is 1. The standard InChI is InChI=1S/C29H42O7/c1-14-11-22(35-25(32)15(14)2)28(5,33)20-8-7-17-16-12-23-29(36-23)24(31)19(34-6)13-21(30)27(29,4)18(16)9-10-26(17,20)3/h16-20,22-24,31,33H,7-13H2,1-6H3. The van der Waals surface area contributed by atoms with Crippen LogP contribution in [0.5, 0.6) is 0 Å². The molecule has 0 aromatic carbocycles. The Hall–Kier alpha value is -1.28. The summed E-state index contributed by atoms with van der Waals surface area (Å²) in [5.41, 5.74) is -1.14. The highest BCUT2D eigenvalue weighted by atomic mass is 16.6. The van der Waals surface area contributed by atoms with Gasteiger partial charge in [-0.2, -0.15) is 0 Å². The Morgan fingerprint density at radius 1 is 1.08 bits per heavy atom. The fraction of sp³-hybridized carbons (Fsp3) is 0.862. The number of methoxy groups -OCH3 is 1. The first-order chi connectivity index (χ1) is 16.8. The van der Waals surface area contributed by atoms with Crippen molar-refractivity contribution in [1.82, 2.24) is 0 Å². The number of ether oxygens (including phenoxy) is 3. The maximum Gasteiger partial charge on any atom is 0.334 e. The Labute approximate surface area is 213 Å². The lowest BCUT2D eigenvalue weighted by molar-refractivity contribution is -0.193. The van der Waals surface area contributed by atoms with Crippen LogP contribution < -0.4 is 0 Å². The predicted octanol–water partition coefficient (Wildman–Crippen LogP) is 3.34. The van der Waals surface area contributed by atoms with Crippen molar-refractivity contribution < 1.29 is 34.0 Å². The number of fused-ring (bicyclic) bond motifs is 4. The second-order valence-electron chi connectivity index (χ2n) is 13.5. The van der Waals surface area contributed by atoms with E-state index in [0.717, 1.165) is 37.7 Å². The molecule has 5 fully saturated rings. The fourth-order valence-electron chi connectivity index (χ4n) is 10.1. The van der Waals surface area contributed by atoms with E-state index in [9.17, 15) is 19.8 Å². The van der Waals surface area contributed by atoms with Crippen LogP contribution in [-0.4, -0.2) is 64.7 Å². The highest BCUT2D eigenvalue weighted by Crippen LogP contribution is 2.74. The van der Waals surface area contributed by atoms with Gasteiger partial charge in [0.2, 0.25) is 0 Å². The molecule has 1 saturated heterocycles. The summed E-state index contributed by atoms with van der Waals surface area (Å²) in [6.45, 7) is 9.98. The second kappa shape index (κ2) is 7.64. The monoisotopic (exact) mass is 502 g/mol. The zero-order valence-electron chi connectivity index (χ0n) is 22.5. The average molecular weight is 503 g/mol. The molecule has 6 rings (SSSR count). The molecule has 12 atom stereocenters. The van der Waals surface area contributed by atoms with E-state index in [0.29, 0.717) is 23.8 Å². The van der Waals surface area contributed by atoms with E-state index < -0.39 is 34.9 Å². The van der Waals surface area contributed by atoms with Crippen molar-refractivity contribution in [3.63, 3.8) is 0 Å². The van der Waals surface area contributed by atoms with Gasteiger partial charge in [-0.15, -0.1) is 0 Å². The molecule has 4 aliphatic carbocycles. The van der Waals surface area contributed by atoms with E-state index in [2.05, 4.69) is 6.92 Å². The second-order valence-corrected chi connectivity index (χ2v) is 13.5. The highest BCUT2D eigenvalue weighted by molar-refractivity contribution is 5.90. The summed E-state index contributed by atoms with van der Waals surface area (Å²) in [6, 6.07) is 0. The summed E-state index contributed by atoms with van der Waals surface area (Å²) < 4.78 is 17.6. The molecule has 36 heavy (non-hydrogen) atoms. The summed E-state index contributed by atoms with van der Waals surface area (Å²) in [5.74, 6) is 0.661. The number of carbonyl (C=O) groups is 2. The number of rotatable bonds is 3. The van der Waals surface area contributed by atoms with Crippen molar-refractivity contribution in [2.75, 3.05) is 7.11 Å². The van der Waals surface area contributed by atoms with Crippen LogP contribution in [0.3, 0.4) is 0 Å². The van der Waals surface area contributed by atoms with Gasteiger partial charge in [0.25, 0.3) is 0 Å². The fourth-order valence-corrected chi connectivity index (χ4v) is 10.1. The number of carbonyl (C=O) groups excluding carboxylic acids is 2. The van der Waals surface area contributed by atoms with Gasteiger partial charge in [-0.25, -0.2) is 4.79 Å². The molecule has 6 aliphatic rings. The summed E-state index contributed by atoms with van der Waals surface area (Å²) in [4.78, 5) is 26.2. The third-order valence-corrected chi connectivity index (χ3v) is 12.3. The molecule has 0 bridgehead atoms. The molecule has 0 radical (unpaired) electrons. The highest BCUT2D eigenvalue weighted by Gasteiger charge is 2.82. The number of epoxide rings is 1. The molecule has 4 saturated carbocycles. The minimum Gasteiger partial charge on any atom is -0.456 e. The van der Waals surface area contributed by atoms with E-state index in [1.807, 2.05) is 20.8 Å². The van der Waals surface area contributed by atoms with Crippen LogP contribution in [0.15, 0.2) is 11.1 Å². The van der Waals surface area contributed by atoms with Crippen LogP contribution in [0.4, 0.5) is 0 Å². The average Bonchev–Trinajstić information content (AvgIpc) is 3.45. The first kappa shape index (κ1) is 25.0. The number of hydrogen-bond acceptors (Lipinski definition) is 7. The number of ketones is 1. The van der Waals surface area contributed by atoms with Gasteiger partial charge in [0.05, 0.1) is 17.6 Å². The number of aliphatic hydroxyl groups excluding tert-OH is 1. The molecule has 0 aromatic heterocycles. The van der Waals surface area contributed by atoms with Gasteiger partial charge >= 0.3 is 5.97 Å². The molecule has 2 heterocycles. The lowest BCUT2D eigenvalue weighted by atomic mass is 9.43. The quantitative estimate of drug-likeness (QED) is 0.450. The molecule has 2 aliphatic heterocycles. The van der Waals surface area contributed by atoms with E-state index in [-0.39, 0.29) is 41.5 Å². The summed E-state index contributed by atoms with van der Waals surface area (Å²) >= 11 is 0. The van der Waals surface area contributed by atoms with Crippen LogP contribution in [0.1, 0.15) is 79.6 Å². The molecular weight excluding hydrogens is 460 g/mol. The number of esters is 1. The lowest BCUT2D eigenvalue weighted by Crippen LogP contribution is -2.68. The minimum atomic E-state index is -1.13. The summed E-state index contributed by atoms with van der Waals surface area (Å²) in [5, 5.41) is 23.2. The zero-order valence-corrected chi connectivity index (χ0v) is 22.5. The van der Waals surface area contributed by atoms with E-state index in [1.54, 1.807) is 14.0 Å². The topological polar surface area (TPSA) is 106 Å². The van der Waals surface area contributed by atoms with Gasteiger partial charge in [-0.3, -0.25) is 4.79 Å². The molecule has 7 nitrogen and oxygen atoms in total. The molecule has 0 aromatic rings. The van der Waals surface area contributed by atoms with Gasteiger partial charge in [-0.05, 0) is 88.9 Å². The Balaban J connectivity index is 1.30. The number of hydrogen-bond donors (Lipinski definition) is 2. The third-order valence-electron chi connectivity index (χ3n) is 12.3. The summed E-state index contributed by atoms with van der Waals surface area (Å²) in [7, 11) is 1.56. The summed E-state index contributed by atoms with van der Waals surface area (Å²) in [6.07, 6.45) is 3.31. The molecule has 2 N–H and O–H groups in total. The van der Waals surface area contributed by atoms with Crippen LogP contribution in [0.25, 0.3) is 0 Å². The van der Waals surface area contributed by atoms with Crippen molar-refractivity contribution in [3.05, 3.63) is 11.1 Å². The molecule has 1 spiro atoms. The third kappa shape index (κ3) is 2.84. The predicted molar refractivity (Wildman–Crippen MR) is 131 cm³/mol. The molecule has 0 amide bonds. The van der Waals surface area contributed by atoms with Crippen LogP contribution in [0, 0.1) is 34.5 Å². The Morgan fingerprint density at radius 2 is 1.81 bits per heavy atom. The van der Waals surface area contributed by atoms with Crippen LogP contribution in [0.2, 0.25) is 0 Å². The Kier molecular flexibility index (Phi) is 5.31. The van der Waals surface area contributed by atoms with Crippen molar-refractivity contribution in [1.29, 1.82) is 0 Å². The van der Waals surface area contributed by atoms with E-state index in [1.165, 1.54) is 0 Å². The zero-order chi connectivity index (χ0) is 26.0. The molecule has 200 valence electrons. The smallest absolute Gasteiger partial charge is 0.334 e. The first-order valence-corrected chi connectivity index (χ1v) is 13.9. The van der Waals surface area contributed by atoms with Gasteiger partial charge in [0.1, 0.15) is 29.2 Å². The minimum absolute atomic E-state index is 0.00471. The number of aliphatic hydroxyl groups is 2. The van der Waals surface area contributed by atoms with Gasteiger partial charge in [0, 0.05) is 25.5 Å². The van der Waals surface area contributed by atoms with Gasteiger partial charge in [0.15, 0.2) is 0 Å². The number of cyclic esters (lactones) is 1. The van der Waals surface area contributed by atoms with Crippen molar-refractivity contribution in [2.45, 2.75) is 115 Å². The van der Waals surface area contributed by atoms with E-state index >= 15 is 0 Å². The van der Waals surface area contributed by atoms with Gasteiger partial charge < -0.3 is 24.4 Å². The largest absolute Gasteiger partial charge is 0.456 e. The molecule has 12 unspecified atom stereocenters. The Bertz CT molecular complexity index is 1030. The van der Waals surface area contributed by atoms with Gasteiger partial charge in [-0.1, -0.05) is 12.5 Å². The Morgan fingerprint density at radius 3 is 2.47 bits per heavy atom. The maximum absolute atomic E-state index is 13.7. The van der Waals surface area contributed by atoms with E-state index in [4.69, 9.17) is 14.2 Å². The van der Waals surface area contributed by atoms with Crippen molar-refractivity contribution in [2.24, 2.45) is 34.5 Å². The lowest BCUT2D eigenvalue weighted by Gasteiger charge is -2.60. The maximum atomic E-state index is 13.7. The SMILES string of the molecule is COC1CC(=O)C2(C)C3CCC4(C)C(CCC4C(C)(O)C4CC(C)=C(C)C(=O)O4)C3CC3OC32C1O. The molecule has 7 heteroatoms. The van der Waals surface area contributed by atoms with Crippen molar-refractivity contribution >= 4 is 11.8 Å². The van der Waals surface area contributed by atoms with Crippen LogP contribution >= 0.6 is 0 Å².